The van der Waals surface area contributed by atoms with Gasteiger partial charge in [-0.05, 0) is 30.7 Å². The number of amides is 2. The molecule has 1 aliphatic heterocycles. The molecule has 0 unspecified atom stereocenters. The number of aryl methyl sites for hydroxylation is 2. The maximum Gasteiger partial charge on any atom is 0.322 e. The molecule has 6 nitrogen and oxygen atoms in total. The van der Waals surface area contributed by atoms with Crippen molar-refractivity contribution in [3.63, 3.8) is 0 Å². The number of nitrogens with zero attached hydrogens (tertiary/aromatic N) is 3. The first-order valence-corrected chi connectivity index (χ1v) is 9.98. The number of anilines is 1. The Labute approximate surface area is 175 Å². The molecular weight excluding hydrogens is 383 g/mol. The summed E-state index contributed by atoms with van der Waals surface area (Å²) in [5, 5.41) is 7.38. The topological polar surface area (TPSA) is 59.4 Å². The highest BCUT2D eigenvalue weighted by Crippen LogP contribution is 2.24. The lowest BCUT2D eigenvalue weighted by molar-refractivity contribution is 0.103. The molecule has 2 aromatic carbocycles. The minimum atomic E-state index is -0.381. The first-order valence-electron chi connectivity index (χ1n) is 9.98. The van der Waals surface area contributed by atoms with Gasteiger partial charge in [-0.25, -0.2) is 9.18 Å². The van der Waals surface area contributed by atoms with Crippen molar-refractivity contribution in [2.45, 2.75) is 33.1 Å². The Kier molecular flexibility index (Phi) is 5.81. The van der Waals surface area contributed by atoms with E-state index in [9.17, 15) is 9.18 Å². The lowest BCUT2D eigenvalue weighted by Crippen LogP contribution is -2.39. The molecule has 0 aliphatic carbocycles. The molecule has 3 aromatic rings. The van der Waals surface area contributed by atoms with Crippen molar-refractivity contribution >= 4 is 11.7 Å². The predicted molar refractivity (Wildman–Crippen MR) is 112 cm³/mol. The van der Waals surface area contributed by atoms with Gasteiger partial charge in [-0.2, -0.15) is 5.10 Å². The Morgan fingerprint density at radius 2 is 2.00 bits per heavy atom. The van der Waals surface area contributed by atoms with Crippen LogP contribution >= 0.6 is 0 Å². The highest BCUT2D eigenvalue weighted by molar-refractivity contribution is 5.89. The van der Waals surface area contributed by atoms with Crippen LogP contribution in [-0.4, -0.2) is 27.3 Å². The number of hydrogen-bond donors (Lipinski definition) is 1. The van der Waals surface area contributed by atoms with E-state index >= 15 is 0 Å². The van der Waals surface area contributed by atoms with E-state index in [0.29, 0.717) is 38.4 Å². The van der Waals surface area contributed by atoms with Gasteiger partial charge in [-0.1, -0.05) is 35.9 Å². The minimum Gasteiger partial charge on any atom is -0.370 e. The second kappa shape index (κ2) is 8.67. The van der Waals surface area contributed by atoms with Gasteiger partial charge in [0, 0.05) is 37.0 Å². The van der Waals surface area contributed by atoms with Crippen LogP contribution < -0.4 is 5.32 Å². The van der Waals surface area contributed by atoms with Crippen molar-refractivity contribution < 1.29 is 13.9 Å². The van der Waals surface area contributed by atoms with Crippen LogP contribution in [-0.2, 0) is 38.0 Å². The number of halogens is 1. The Hall–Kier alpha value is -3.19. The molecule has 0 atom stereocenters. The molecule has 1 aliphatic rings. The normalized spacial score (nSPS) is 13.2. The van der Waals surface area contributed by atoms with E-state index in [1.54, 1.807) is 17.0 Å². The average molecular weight is 408 g/mol. The highest BCUT2D eigenvalue weighted by Gasteiger charge is 2.26. The maximum absolute atomic E-state index is 13.4. The highest BCUT2D eigenvalue weighted by atomic mass is 19.1. The molecular formula is C23H25FN4O2. The van der Waals surface area contributed by atoms with Gasteiger partial charge in [-0.3, -0.25) is 4.68 Å². The third kappa shape index (κ3) is 4.52. The number of aromatic nitrogens is 2. The van der Waals surface area contributed by atoms with Crippen molar-refractivity contribution in [3.05, 3.63) is 82.4 Å². The third-order valence-electron chi connectivity index (χ3n) is 5.32. The third-order valence-corrected chi connectivity index (χ3v) is 5.32. The number of carbonyl (C=O) groups is 1. The molecule has 4 rings (SSSR count). The standard InChI is InChI=1S/C23H25FN4O2/c1-16-6-8-17(9-7-16)14-30-15-21-20-13-28(11-10-22(20)27(2)26-21)23(29)25-19-5-3-4-18(24)12-19/h3-9,12H,10-11,13-15H2,1-2H3,(H,25,29). The molecule has 2 heterocycles. The van der Waals surface area contributed by atoms with Crippen molar-refractivity contribution in [3.8, 4) is 0 Å². The monoisotopic (exact) mass is 408 g/mol. The summed E-state index contributed by atoms with van der Waals surface area (Å²) in [6.07, 6.45) is 0.716. The molecule has 156 valence electrons. The summed E-state index contributed by atoms with van der Waals surface area (Å²) in [6.45, 7) is 3.98. The predicted octanol–water partition coefficient (Wildman–Crippen LogP) is 4.17. The smallest absolute Gasteiger partial charge is 0.322 e. The molecule has 30 heavy (non-hydrogen) atoms. The van der Waals surface area contributed by atoms with Crippen LogP contribution in [0.4, 0.5) is 14.9 Å². The number of rotatable bonds is 5. The van der Waals surface area contributed by atoms with E-state index in [1.807, 2.05) is 11.7 Å². The Morgan fingerprint density at radius 3 is 2.77 bits per heavy atom. The summed E-state index contributed by atoms with van der Waals surface area (Å²) in [7, 11) is 1.92. The Bertz CT molecular complexity index is 1050. The fraction of sp³-hybridized carbons (Fsp3) is 0.304. The zero-order valence-corrected chi connectivity index (χ0v) is 17.2. The van der Waals surface area contributed by atoms with Crippen molar-refractivity contribution in [2.24, 2.45) is 7.05 Å². The van der Waals surface area contributed by atoms with Gasteiger partial charge >= 0.3 is 6.03 Å². The molecule has 0 radical (unpaired) electrons. The number of benzene rings is 2. The summed E-state index contributed by atoms with van der Waals surface area (Å²) in [5.74, 6) is -0.381. The van der Waals surface area contributed by atoms with E-state index < -0.39 is 0 Å². The molecule has 0 spiro atoms. The quantitative estimate of drug-likeness (QED) is 0.689. The lowest BCUT2D eigenvalue weighted by Gasteiger charge is -2.28. The zero-order chi connectivity index (χ0) is 21.1. The number of carbonyl (C=O) groups excluding carboxylic acids is 1. The van der Waals surface area contributed by atoms with Crippen LogP contribution in [0, 0.1) is 12.7 Å². The van der Waals surface area contributed by atoms with E-state index in [0.717, 1.165) is 22.5 Å². The van der Waals surface area contributed by atoms with Crippen molar-refractivity contribution in [2.75, 3.05) is 11.9 Å². The number of urea groups is 1. The van der Waals surface area contributed by atoms with Crippen LogP contribution in [0.1, 0.15) is 28.1 Å². The average Bonchev–Trinajstić information content (AvgIpc) is 3.04. The second-order valence-corrected chi connectivity index (χ2v) is 7.59. The van der Waals surface area contributed by atoms with E-state index in [2.05, 4.69) is 41.6 Å². The summed E-state index contributed by atoms with van der Waals surface area (Å²) in [6, 6.07) is 13.9. The number of ether oxygens (including phenoxy) is 1. The molecule has 0 saturated carbocycles. The van der Waals surface area contributed by atoms with Crippen molar-refractivity contribution in [1.29, 1.82) is 0 Å². The Morgan fingerprint density at radius 1 is 1.20 bits per heavy atom. The van der Waals surface area contributed by atoms with Gasteiger partial charge in [0.1, 0.15) is 5.82 Å². The largest absolute Gasteiger partial charge is 0.370 e. The lowest BCUT2D eigenvalue weighted by atomic mass is 10.1. The molecule has 1 aromatic heterocycles. The van der Waals surface area contributed by atoms with Crippen LogP contribution in [0.3, 0.4) is 0 Å². The summed E-state index contributed by atoms with van der Waals surface area (Å²) < 4.78 is 21.2. The van der Waals surface area contributed by atoms with Gasteiger partial charge in [0.25, 0.3) is 0 Å². The van der Waals surface area contributed by atoms with Crippen LogP contribution in [0.5, 0.6) is 0 Å². The fourth-order valence-electron chi connectivity index (χ4n) is 3.68. The number of fused-ring (bicyclic) bond motifs is 1. The van der Waals surface area contributed by atoms with Crippen LogP contribution in [0.25, 0.3) is 0 Å². The molecule has 0 bridgehead atoms. The molecule has 2 amide bonds. The molecule has 7 heteroatoms. The minimum absolute atomic E-state index is 0.248. The van der Waals surface area contributed by atoms with E-state index in [4.69, 9.17) is 4.74 Å². The fourth-order valence-corrected chi connectivity index (χ4v) is 3.68. The van der Waals surface area contributed by atoms with E-state index in [1.165, 1.54) is 17.7 Å². The number of hydrogen-bond acceptors (Lipinski definition) is 3. The van der Waals surface area contributed by atoms with Gasteiger partial charge in [0.05, 0.1) is 25.5 Å². The maximum atomic E-state index is 13.4. The van der Waals surface area contributed by atoms with Gasteiger partial charge < -0.3 is 15.0 Å². The van der Waals surface area contributed by atoms with E-state index in [-0.39, 0.29) is 11.8 Å². The zero-order valence-electron chi connectivity index (χ0n) is 17.2. The molecule has 1 N–H and O–H groups in total. The second-order valence-electron chi connectivity index (χ2n) is 7.59. The molecule has 0 fully saturated rings. The summed E-state index contributed by atoms with van der Waals surface area (Å²) in [5.41, 5.74) is 5.78. The van der Waals surface area contributed by atoms with Crippen molar-refractivity contribution in [1.82, 2.24) is 14.7 Å². The van der Waals surface area contributed by atoms with Gasteiger partial charge in [0.2, 0.25) is 0 Å². The number of nitrogens with one attached hydrogen (secondary N) is 1. The summed E-state index contributed by atoms with van der Waals surface area (Å²) >= 11 is 0. The SMILES string of the molecule is Cc1ccc(COCc2nn(C)c3c2CN(C(=O)Nc2cccc(F)c2)CC3)cc1. The Balaban J connectivity index is 1.41. The molecule has 0 saturated heterocycles. The van der Waals surface area contributed by atoms with Crippen LogP contribution in [0.2, 0.25) is 0 Å². The first-order chi connectivity index (χ1) is 14.5. The van der Waals surface area contributed by atoms with Crippen LogP contribution in [0.15, 0.2) is 48.5 Å². The summed E-state index contributed by atoms with van der Waals surface area (Å²) in [4.78, 5) is 14.4. The van der Waals surface area contributed by atoms with Gasteiger partial charge in [-0.15, -0.1) is 0 Å². The first kappa shape index (κ1) is 20.1. The van der Waals surface area contributed by atoms with Gasteiger partial charge in [0.15, 0.2) is 0 Å².